The van der Waals surface area contributed by atoms with Crippen molar-refractivity contribution in [2.75, 3.05) is 26.2 Å². The molecule has 3 rings (SSSR count). The van der Waals surface area contributed by atoms with Crippen LogP contribution in [-0.2, 0) is 11.3 Å². The van der Waals surface area contributed by atoms with Crippen LogP contribution in [0.15, 0.2) is 30.3 Å². The Bertz CT molecular complexity index is 805. The van der Waals surface area contributed by atoms with E-state index < -0.39 is 0 Å². The van der Waals surface area contributed by atoms with E-state index in [9.17, 15) is 9.59 Å². The van der Waals surface area contributed by atoms with E-state index in [2.05, 4.69) is 20.9 Å². The quantitative estimate of drug-likeness (QED) is 0.711. The molecule has 2 aromatic rings. The molecule has 0 saturated carbocycles. The lowest BCUT2D eigenvalue weighted by Crippen LogP contribution is -2.40. The molecule has 2 heterocycles. The minimum absolute atomic E-state index is 0. The smallest absolute Gasteiger partial charge is 0.274 e. The monoisotopic (exact) mass is 420 g/mol. The van der Waals surface area contributed by atoms with Crippen LogP contribution in [0.25, 0.3) is 0 Å². The van der Waals surface area contributed by atoms with Crippen molar-refractivity contribution in [3.63, 3.8) is 0 Å². The molecule has 158 valence electrons. The highest BCUT2D eigenvalue weighted by molar-refractivity contribution is 5.95. The lowest BCUT2D eigenvalue weighted by molar-refractivity contribution is -0.130. The first-order valence-corrected chi connectivity index (χ1v) is 9.82. The van der Waals surface area contributed by atoms with Crippen LogP contribution >= 0.6 is 12.4 Å². The highest BCUT2D eigenvalue weighted by Crippen LogP contribution is 2.20. The van der Waals surface area contributed by atoms with E-state index in [1.165, 1.54) is 0 Å². The van der Waals surface area contributed by atoms with Crippen LogP contribution < -0.4 is 10.6 Å². The van der Waals surface area contributed by atoms with Gasteiger partial charge in [0.05, 0.1) is 18.3 Å². The highest BCUT2D eigenvalue weighted by Gasteiger charge is 2.23. The van der Waals surface area contributed by atoms with Crippen LogP contribution in [0.4, 0.5) is 0 Å². The van der Waals surface area contributed by atoms with Gasteiger partial charge in [-0.05, 0) is 45.3 Å². The third-order valence-corrected chi connectivity index (χ3v) is 5.15. The Kier molecular flexibility index (Phi) is 8.60. The van der Waals surface area contributed by atoms with Gasteiger partial charge in [0.25, 0.3) is 5.91 Å². The summed E-state index contributed by atoms with van der Waals surface area (Å²) in [5.41, 5.74) is 2.09. The molecule has 2 N–H and O–H groups in total. The molecule has 1 fully saturated rings. The zero-order valence-electron chi connectivity index (χ0n) is 16.9. The van der Waals surface area contributed by atoms with Crippen molar-refractivity contribution in [2.45, 2.75) is 39.3 Å². The first-order chi connectivity index (χ1) is 13.6. The highest BCUT2D eigenvalue weighted by atomic mass is 35.5. The van der Waals surface area contributed by atoms with E-state index in [0.717, 1.165) is 37.2 Å². The zero-order chi connectivity index (χ0) is 19.9. The summed E-state index contributed by atoms with van der Waals surface area (Å²) < 4.78 is 1.84. The predicted molar refractivity (Wildman–Crippen MR) is 113 cm³/mol. The van der Waals surface area contributed by atoms with Gasteiger partial charge >= 0.3 is 0 Å². The maximum atomic E-state index is 12.5. The van der Waals surface area contributed by atoms with Crippen LogP contribution in [0, 0.1) is 6.92 Å². The van der Waals surface area contributed by atoms with Gasteiger partial charge in [-0.1, -0.05) is 35.5 Å². The number of likely N-dealkylation sites (N-methyl/N-ethyl adjacent to an activating group) is 1. The minimum Gasteiger partial charge on any atom is -0.342 e. The Morgan fingerprint density at radius 1 is 1.24 bits per heavy atom. The van der Waals surface area contributed by atoms with Crippen LogP contribution in [0.2, 0.25) is 0 Å². The number of benzene rings is 1. The first-order valence-electron chi connectivity index (χ1n) is 9.82. The number of hydrogen-bond donors (Lipinski definition) is 2. The molecule has 9 heteroatoms. The van der Waals surface area contributed by atoms with Crippen LogP contribution in [0.1, 0.15) is 47.6 Å². The molecular weight excluding hydrogens is 392 g/mol. The molecule has 0 bridgehead atoms. The van der Waals surface area contributed by atoms with Gasteiger partial charge in [-0.2, -0.15) is 0 Å². The second-order valence-electron chi connectivity index (χ2n) is 7.03. The van der Waals surface area contributed by atoms with Crippen LogP contribution in [0.5, 0.6) is 0 Å². The average Bonchev–Trinajstić information content (AvgIpc) is 3.12. The summed E-state index contributed by atoms with van der Waals surface area (Å²) in [6.45, 7) is 6.71. The van der Waals surface area contributed by atoms with Crippen molar-refractivity contribution in [2.24, 2.45) is 0 Å². The van der Waals surface area contributed by atoms with Gasteiger partial charge in [-0.15, -0.1) is 17.5 Å². The van der Waals surface area contributed by atoms with Crippen LogP contribution in [-0.4, -0.2) is 57.9 Å². The number of carbonyl (C=O) groups is 2. The van der Waals surface area contributed by atoms with Crippen molar-refractivity contribution in [1.29, 1.82) is 0 Å². The summed E-state index contributed by atoms with van der Waals surface area (Å²) in [5, 5.41) is 14.2. The topological polar surface area (TPSA) is 92.2 Å². The molecule has 2 amide bonds. The Hall–Kier alpha value is -2.45. The maximum Gasteiger partial charge on any atom is 0.274 e. The molecule has 29 heavy (non-hydrogen) atoms. The SMILES string of the molecule is CCN(Cc1ccccc1)C(=O)CNC(=O)c1nnn(C2CCNCC2)c1C.Cl. The summed E-state index contributed by atoms with van der Waals surface area (Å²) >= 11 is 0. The Balaban J connectivity index is 0.00000300. The number of hydrogen-bond acceptors (Lipinski definition) is 5. The standard InChI is InChI=1S/C20H28N6O2.ClH/c1-3-25(14-16-7-5-4-6-8-16)18(27)13-22-20(28)19-15(2)26(24-23-19)17-9-11-21-12-10-17;/h4-8,17,21H,3,9-14H2,1-2H3,(H,22,28);1H. The van der Waals surface area contributed by atoms with E-state index in [-0.39, 0.29) is 42.5 Å². The van der Waals surface area contributed by atoms with E-state index in [1.54, 1.807) is 4.90 Å². The Morgan fingerprint density at radius 3 is 2.59 bits per heavy atom. The van der Waals surface area contributed by atoms with Crippen molar-refractivity contribution in [3.8, 4) is 0 Å². The molecule has 1 aromatic heterocycles. The Labute approximate surface area is 177 Å². The summed E-state index contributed by atoms with van der Waals surface area (Å²) in [6, 6.07) is 10.1. The molecule has 0 spiro atoms. The maximum absolute atomic E-state index is 12.5. The minimum atomic E-state index is -0.359. The van der Waals surface area contributed by atoms with Gasteiger partial charge in [0.15, 0.2) is 5.69 Å². The fourth-order valence-corrected chi connectivity index (χ4v) is 3.48. The fraction of sp³-hybridized carbons (Fsp3) is 0.500. The van der Waals surface area contributed by atoms with Crippen LogP contribution in [0.3, 0.4) is 0 Å². The molecular formula is C20H29ClN6O2. The Morgan fingerprint density at radius 2 is 1.93 bits per heavy atom. The third kappa shape index (κ3) is 5.77. The number of aromatic nitrogens is 3. The molecule has 1 aliphatic heterocycles. The lowest BCUT2D eigenvalue weighted by Gasteiger charge is -2.23. The number of piperidine rings is 1. The molecule has 1 aliphatic rings. The van der Waals surface area contributed by atoms with Gasteiger partial charge < -0.3 is 15.5 Å². The van der Waals surface area contributed by atoms with E-state index in [1.807, 2.05) is 48.9 Å². The summed E-state index contributed by atoms with van der Waals surface area (Å²) in [4.78, 5) is 26.8. The third-order valence-electron chi connectivity index (χ3n) is 5.15. The predicted octanol–water partition coefficient (Wildman–Crippen LogP) is 1.71. The van der Waals surface area contributed by atoms with Gasteiger partial charge in [0, 0.05) is 13.1 Å². The normalized spacial score (nSPS) is 14.1. The van der Waals surface area contributed by atoms with Crippen molar-refractivity contribution in [3.05, 3.63) is 47.3 Å². The second-order valence-corrected chi connectivity index (χ2v) is 7.03. The average molecular weight is 421 g/mol. The number of rotatable bonds is 7. The van der Waals surface area contributed by atoms with E-state index in [0.29, 0.717) is 13.1 Å². The van der Waals surface area contributed by atoms with Gasteiger partial charge in [-0.3, -0.25) is 9.59 Å². The van der Waals surface area contributed by atoms with E-state index in [4.69, 9.17) is 0 Å². The van der Waals surface area contributed by atoms with Gasteiger partial charge in [0.1, 0.15) is 0 Å². The number of amides is 2. The van der Waals surface area contributed by atoms with Gasteiger partial charge in [0.2, 0.25) is 5.91 Å². The number of halogens is 1. The molecule has 1 aromatic carbocycles. The molecule has 0 unspecified atom stereocenters. The number of nitrogens with zero attached hydrogens (tertiary/aromatic N) is 4. The van der Waals surface area contributed by atoms with Crippen molar-refractivity contribution >= 4 is 24.2 Å². The van der Waals surface area contributed by atoms with E-state index >= 15 is 0 Å². The molecule has 8 nitrogen and oxygen atoms in total. The summed E-state index contributed by atoms with van der Waals surface area (Å²) in [6.07, 6.45) is 1.93. The summed E-state index contributed by atoms with van der Waals surface area (Å²) in [5.74, 6) is -0.482. The fourth-order valence-electron chi connectivity index (χ4n) is 3.48. The van der Waals surface area contributed by atoms with Crippen molar-refractivity contribution < 1.29 is 9.59 Å². The number of nitrogens with one attached hydrogen (secondary N) is 2. The zero-order valence-corrected chi connectivity index (χ0v) is 17.7. The first kappa shape index (κ1) is 22.8. The second kappa shape index (κ2) is 10.9. The largest absolute Gasteiger partial charge is 0.342 e. The molecule has 0 aliphatic carbocycles. The molecule has 0 atom stereocenters. The number of carbonyl (C=O) groups excluding carboxylic acids is 2. The van der Waals surface area contributed by atoms with Crippen molar-refractivity contribution in [1.82, 2.24) is 30.5 Å². The molecule has 1 saturated heterocycles. The summed E-state index contributed by atoms with van der Waals surface area (Å²) in [7, 11) is 0. The molecule has 0 radical (unpaired) electrons. The lowest BCUT2D eigenvalue weighted by atomic mass is 10.1. The van der Waals surface area contributed by atoms with Gasteiger partial charge in [-0.25, -0.2) is 4.68 Å².